The Kier molecular flexibility index (Phi) is 5.83. The van der Waals surface area contributed by atoms with Crippen LogP contribution < -0.4 is 10.6 Å². The molecule has 1 amide bonds. The lowest BCUT2D eigenvalue weighted by Crippen LogP contribution is -2.36. The van der Waals surface area contributed by atoms with E-state index in [1.165, 1.54) is 0 Å². The van der Waals surface area contributed by atoms with Gasteiger partial charge in [-0.25, -0.2) is 0 Å². The molecule has 0 heterocycles. The van der Waals surface area contributed by atoms with Gasteiger partial charge < -0.3 is 5.32 Å². The molecule has 0 aliphatic carbocycles. The quantitative estimate of drug-likeness (QED) is 0.832. The van der Waals surface area contributed by atoms with Crippen molar-refractivity contribution in [2.24, 2.45) is 0 Å². The summed E-state index contributed by atoms with van der Waals surface area (Å²) in [6.07, 6.45) is 0. The molecule has 2 rings (SSSR count). The summed E-state index contributed by atoms with van der Waals surface area (Å²) in [5, 5.41) is 7.09. The minimum atomic E-state index is -0.445. The first-order valence-electron chi connectivity index (χ1n) is 7.03. The predicted octanol–water partition coefficient (Wildman–Crippen LogP) is 4.67. The maximum atomic E-state index is 12.6. The highest BCUT2D eigenvalue weighted by atomic mass is 35.5. The topological polar surface area (TPSA) is 41.1 Å². The standard InChI is InChI=1S/C17H18Cl2N2O/c1-11(2)20-16(12-6-4-3-5-7-12)17(22)21-15-9-13(18)8-14(19)10-15/h3-11,16,20H,1-2H3,(H,21,22)/t16-/m1/s1. The van der Waals surface area contributed by atoms with E-state index in [0.29, 0.717) is 15.7 Å². The Bertz CT molecular complexity index is 624. The largest absolute Gasteiger partial charge is 0.324 e. The Morgan fingerprint density at radius 3 is 2.14 bits per heavy atom. The fourth-order valence-corrected chi connectivity index (χ4v) is 2.67. The second-order valence-corrected chi connectivity index (χ2v) is 6.19. The van der Waals surface area contributed by atoms with Gasteiger partial charge in [-0.05, 0) is 37.6 Å². The van der Waals surface area contributed by atoms with Crippen LogP contribution in [0.25, 0.3) is 0 Å². The zero-order valence-electron chi connectivity index (χ0n) is 12.4. The third-order valence-electron chi connectivity index (χ3n) is 3.03. The molecule has 0 saturated carbocycles. The van der Waals surface area contributed by atoms with E-state index in [4.69, 9.17) is 23.2 Å². The highest BCUT2D eigenvalue weighted by molar-refractivity contribution is 6.35. The van der Waals surface area contributed by atoms with E-state index in [2.05, 4.69) is 10.6 Å². The summed E-state index contributed by atoms with van der Waals surface area (Å²) in [6, 6.07) is 14.3. The molecule has 2 aromatic rings. The number of benzene rings is 2. The molecule has 5 heteroatoms. The third-order valence-corrected chi connectivity index (χ3v) is 3.46. The van der Waals surface area contributed by atoms with Crippen molar-refractivity contribution in [3.63, 3.8) is 0 Å². The van der Waals surface area contributed by atoms with Gasteiger partial charge in [-0.2, -0.15) is 0 Å². The smallest absolute Gasteiger partial charge is 0.246 e. The molecule has 0 bridgehead atoms. The van der Waals surface area contributed by atoms with Crippen molar-refractivity contribution < 1.29 is 4.79 Å². The van der Waals surface area contributed by atoms with E-state index in [1.54, 1.807) is 18.2 Å². The summed E-state index contributed by atoms with van der Waals surface area (Å²) in [7, 11) is 0. The van der Waals surface area contributed by atoms with Gasteiger partial charge in [0.1, 0.15) is 6.04 Å². The molecule has 0 aliphatic rings. The summed E-state index contributed by atoms with van der Waals surface area (Å²) in [5.41, 5.74) is 1.48. The van der Waals surface area contributed by atoms with E-state index >= 15 is 0 Å². The molecule has 0 aromatic heterocycles. The molecule has 2 N–H and O–H groups in total. The van der Waals surface area contributed by atoms with Gasteiger partial charge in [-0.1, -0.05) is 53.5 Å². The van der Waals surface area contributed by atoms with Gasteiger partial charge in [-0.15, -0.1) is 0 Å². The fourth-order valence-electron chi connectivity index (χ4n) is 2.14. The van der Waals surface area contributed by atoms with E-state index < -0.39 is 6.04 Å². The molecule has 22 heavy (non-hydrogen) atoms. The molecular formula is C17H18Cl2N2O. The molecule has 0 saturated heterocycles. The fraction of sp³-hybridized carbons (Fsp3) is 0.235. The summed E-state index contributed by atoms with van der Waals surface area (Å²) in [6.45, 7) is 4.00. The van der Waals surface area contributed by atoms with Crippen molar-refractivity contribution in [2.45, 2.75) is 25.9 Å². The van der Waals surface area contributed by atoms with Crippen molar-refractivity contribution in [1.82, 2.24) is 5.32 Å². The number of rotatable bonds is 5. The average molecular weight is 337 g/mol. The second-order valence-electron chi connectivity index (χ2n) is 5.31. The Balaban J connectivity index is 2.22. The minimum Gasteiger partial charge on any atom is -0.324 e. The number of amides is 1. The Morgan fingerprint density at radius 1 is 1.00 bits per heavy atom. The summed E-state index contributed by atoms with van der Waals surface area (Å²) >= 11 is 11.9. The maximum absolute atomic E-state index is 12.6. The number of anilines is 1. The normalized spacial score (nSPS) is 12.2. The highest BCUT2D eigenvalue weighted by Crippen LogP contribution is 2.24. The maximum Gasteiger partial charge on any atom is 0.246 e. The Labute approximate surface area is 140 Å². The van der Waals surface area contributed by atoms with Crippen molar-refractivity contribution in [3.05, 3.63) is 64.1 Å². The number of hydrogen-bond acceptors (Lipinski definition) is 2. The van der Waals surface area contributed by atoms with Gasteiger partial charge in [0.15, 0.2) is 0 Å². The lowest BCUT2D eigenvalue weighted by Gasteiger charge is -2.21. The number of halogens is 2. The van der Waals surface area contributed by atoms with Crippen LogP contribution >= 0.6 is 23.2 Å². The SMILES string of the molecule is CC(C)N[C@@H](C(=O)Nc1cc(Cl)cc(Cl)c1)c1ccccc1. The molecule has 116 valence electrons. The number of carbonyl (C=O) groups is 1. The molecule has 0 unspecified atom stereocenters. The van der Waals surface area contributed by atoms with Crippen LogP contribution in [0.1, 0.15) is 25.5 Å². The molecule has 0 spiro atoms. The van der Waals surface area contributed by atoms with Gasteiger partial charge in [-0.3, -0.25) is 10.1 Å². The van der Waals surface area contributed by atoms with Crippen LogP contribution in [0.15, 0.2) is 48.5 Å². The van der Waals surface area contributed by atoms with E-state index in [0.717, 1.165) is 5.56 Å². The van der Waals surface area contributed by atoms with Gasteiger partial charge in [0, 0.05) is 21.8 Å². The molecule has 0 fully saturated rings. The van der Waals surface area contributed by atoms with Crippen molar-refractivity contribution in [2.75, 3.05) is 5.32 Å². The minimum absolute atomic E-state index is 0.154. The van der Waals surface area contributed by atoms with Crippen LogP contribution in [-0.2, 0) is 4.79 Å². The van der Waals surface area contributed by atoms with Crippen molar-refractivity contribution >= 4 is 34.8 Å². The molecular weight excluding hydrogens is 319 g/mol. The Morgan fingerprint density at radius 2 is 1.59 bits per heavy atom. The average Bonchev–Trinajstić information content (AvgIpc) is 2.44. The first-order chi connectivity index (χ1) is 10.5. The van der Waals surface area contributed by atoms with Gasteiger partial charge in [0.25, 0.3) is 0 Å². The van der Waals surface area contributed by atoms with E-state index in [1.807, 2.05) is 44.2 Å². The molecule has 0 radical (unpaired) electrons. The van der Waals surface area contributed by atoms with Gasteiger partial charge in [0.05, 0.1) is 0 Å². The van der Waals surface area contributed by atoms with E-state index in [-0.39, 0.29) is 11.9 Å². The lowest BCUT2D eigenvalue weighted by molar-refractivity contribution is -0.118. The first-order valence-corrected chi connectivity index (χ1v) is 7.79. The third kappa shape index (κ3) is 4.73. The Hall–Kier alpha value is -1.55. The zero-order chi connectivity index (χ0) is 16.1. The molecule has 1 atom stereocenters. The first kappa shape index (κ1) is 16.8. The monoisotopic (exact) mass is 336 g/mol. The summed E-state index contributed by atoms with van der Waals surface area (Å²) < 4.78 is 0. The summed E-state index contributed by atoms with van der Waals surface area (Å²) in [5.74, 6) is -0.154. The highest BCUT2D eigenvalue weighted by Gasteiger charge is 2.21. The zero-order valence-corrected chi connectivity index (χ0v) is 13.9. The number of nitrogens with one attached hydrogen (secondary N) is 2. The summed E-state index contributed by atoms with van der Waals surface area (Å²) in [4.78, 5) is 12.6. The van der Waals surface area contributed by atoms with Gasteiger partial charge in [0.2, 0.25) is 5.91 Å². The van der Waals surface area contributed by atoms with Crippen LogP contribution in [0.5, 0.6) is 0 Å². The molecule has 2 aromatic carbocycles. The predicted molar refractivity (Wildman–Crippen MR) is 92.5 cm³/mol. The van der Waals surface area contributed by atoms with Crippen LogP contribution in [0.3, 0.4) is 0 Å². The van der Waals surface area contributed by atoms with Crippen LogP contribution in [-0.4, -0.2) is 11.9 Å². The number of carbonyl (C=O) groups excluding carboxylic acids is 1. The molecule has 3 nitrogen and oxygen atoms in total. The lowest BCUT2D eigenvalue weighted by atomic mass is 10.1. The van der Waals surface area contributed by atoms with E-state index in [9.17, 15) is 4.79 Å². The van der Waals surface area contributed by atoms with Crippen LogP contribution in [0, 0.1) is 0 Å². The van der Waals surface area contributed by atoms with Crippen molar-refractivity contribution in [1.29, 1.82) is 0 Å². The van der Waals surface area contributed by atoms with Crippen LogP contribution in [0.2, 0.25) is 10.0 Å². The number of hydrogen-bond donors (Lipinski definition) is 2. The van der Waals surface area contributed by atoms with Gasteiger partial charge >= 0.3 is 0 Å². The van der Waals surface area contributed by atoms with Crippen molar-refractivity contribution in [3.8, 4) is 0 Å². The van der Waals surface area contributed by atoms with Crippen LogP contribution in [0.4, 0.5) is 5.69 Å². The second kappa shape index (κ2) is 7.63. The molecule has 0 aliphatic heterocycles.